The van der Waals surface area contributed by atoms with Gasteiger partial charge in [0, 0.05) is 25.0 Å². The van der Waals surface area contributed by atoms with Crippen LogP contribution in [-0.2, 0) is 16.6 Å². The third-order valence-electron chi connectivity index (χ3n) is 2.75. The minimum atomic E-state index is -3.73. The number of nitrogens with zero attached hydrogens (tertiary/aromatic N) is 2. The maximum absolute atomic E-state index is 12.2. The Morgan fingerprint density at radius 2 is 2.29 bits per heavy atom. The van der Waals surface area contributed by atoms with Crippen molar-refractivity contribution in [2.45, 2.75) is 30.6 Å². The zero-order valence-electron chi connectivity index (χ0n) is 11.5. The Hall–Kier alpha value is -1.71. The number of aromatic nitrogens is 2. The summed E-state index contributed by atoms with van der Waals surface area (Å²) in [6.07, 6.45) is 4.95. The number of aromatic carboxylic acids is 1. The third kappa shape index (κ3) is 3.69. The lowest BCUT2D eigenvalue weighted by atomic mass is 10.3. The summed E-state index contributed by atoms with van der Waals surface area (Å²) < 4.78 is 28.8. The monoisotopic (exact) mass is 329 g/mol. The predicted molar refractivity (Wildman–Crippen MR) is 78.0 cm³/mol. The molecule has 114 valence electrons. The highest BCUT2D eigenvalue weighted by atomic mass is 32.2. The maximum Gasteiger partial charge on any atom is 0.346 e. The van der Waals surface area contributed by atoms with Crippen molar-refractivity contribution in [2.24, 2.45) is 0 Å². The largest absolute Gasteiger partial charge is 0.477 e. The Morgan fingerprint density at radius 1 is 1.57 bits per heavy atom. The van der Waals surface area contributed by atoms with Gasteiger partial charge in [0.05, 0.1) is 6.33 Å². The van der Waals surface area contributed by atoms with E-state index in [0.717, 1.165) is 11.3 Å². The van der Waals surface area contributed by atoms with Crippen molar-refractivity contribution in [3.8, 4) is 0 Å². The average Bonchev–Trinajstić information content (AvgIpc) is 2.97. The fourth-order valence-electron chi connectivity index (χ4n) is 1.87. The Morgan fingerprint density at radius 3 is 2.81 bits per heavy atom. The lowest BCUT2D eigenvalue weighted by Gasteiger charge is -2.13. The van der Waals surface area contributed by atoms with Gasteiger partial charge in [0.1, 0.15) is 9.09 Å². The molecule has 0 saturated heterocycles. The maximum atomic E-state index is 12.2. The molecule has 9 heteroatoms. The molecule has 7 nitrogen and oxygen atoms in total. The number of thiophene rings is 1. The summed E-state index contributed by atoms with van der Waals surface area (Å²) in [6, 6.07) is 1.03. The summed E-state index contributed by atoms with van der Waals surface area (Å²) in [5.41, 5.74) is 0.440. The highest BCUT2D eigenvalue weighted by Gasteiger charge is 2.23. The van der Waals surface area contributed by atoms with Crippen LogP contribution in [0.3, 0.4) is 0 Å². The van der Waals surface area contributed by atoms with Gasteiger partial charge in [-0.25, -0.2) is 22.9 Å². The SMILES string of the molecule is Cc1cc(S(=O)(=O)NC(C)Cn2ccnc2)sc1C(=O)O. The van der Waals surface area contributed by atoms with Crippen molar-refractivity contribution in [1.82, 2.24) is 14.3 Å². The van der Waals surface area contributed by atoms with Crippen LogP contribution in [0.1, 0.15) is 22.2 Å². The van der Waals surface area contributed by atoms with Crippen LogP contribution in [0, 0.1) is 6.92 Å². The Balaban J connectivity index is 2.14. The number of imidazole rings is 1. The fraction of sp³-hybridized carbons (Fsp3) is 0.333. The molecule has 21 heavy (non-hydrogen) atoms. The number of carbonyl (C=O) groups is 1. The lowest BCUT2D eigenvalue weighted by molar-refractivity contribution is 0.0701. The molecule has 0 radical (unpaired) electrons. The van der Waals surface area contributed by atoms with Crippen LogP contribution in [-0.4, -0.2) is 35.1 Å². The number of aryl methyl sites for hydroxylation is 1. The van der Waals surface area contributed by atoms with Crippen molar-refractivity contribution < 1.29 is 18.3 Å². The van der Waals surface area contributed by atoms with Gasteiger partial charge in [-0.3, -0.25) is 0 Å². The Bertz CT molecular complexity index is 735. The molecule has 0 saturated carbocycles. The number of hydrogen-bond acceptors (Lipinski definition) is 5. The second-order valence-corrected chi connectivity index (χ2v) is 7.66. The molecule has 0 fully saturated rings. The van der Waals surface area contributed by atoms with Gasteiger partial charge < -0.3 is 9.67 Å². The van der Waals surface area contributed by atoms with E-state index in [2.05, 4.69) is 9.71 Å². The van der Waals surface area contributed by atoms with Gasteiger partial charge in [-0.2, -0.15) is 0 Å². The molecule has 0 bridgehead atoms. The van der Waals surface area contributed by atoms with Gasteiger partial charge in [0.25, 0.3) is 0 Å². The van der Waals surface area contributed by atoms with Crippen LogP contribution in [0.5, 0.6) is 0 Å². The molecule has 2 aromatic heterocycles. The summed E-state index contributed by atoms with van der Waals surface area (Å²) in [6.45, 7) is 3.75. The zero-order chi connectivity index (χ0) is 15.6. The van der Waals surface area contributed by atoms with Gasteiger partial charge in [-0.05, 0) is 25.5 Å². The lowest BCUT2D eigenvalue weighted by Crippen LogP contribution is -2.35. The molecule has 2 heterocycles. The molecular weight excluding hydrogens is 314 g/mol. The van der Waals surface area contributed by atoms with E-state index in [9.17, 15) is 13.2 Å². The standard InChI is InChI=1S/C12H15N3O4S2/c1-8-5-10(20-11(8)12(16)17)21(18,19)14-9(2)6-15-4-3-13-7-15/h3-5,7,9,14H,6H2,1-2H3,(H,16,17). The second-order valence-electron chi connectivity index (χ2n) is 4.66. The highest BCUT2D eigenvalue weighted by Crippen LogP contribution is 2.26. The second kappa shape index (κ2) is 5.96. The number of sulfonamides is 1. The van der Waals surface area contributed by atoms with Crippen LogP contribution in [0.4, 0.5) is 0 Å². The van der Waals surface area contributed by atoms with Crippen molar-refractivity contribution in [3.63, 3.8) is 0 Å². The van der Waals surface area contributed by atoms with Gasteiger partial charge in [-0.15, -0.1) is 11.3 Å². The minimum Gasteiger partial charge on any atom is -0.477 e. The van der Waals surface area contributed by atoms with Gasteiger partial charge >= 0.3 is 5.97 Å². The quantitative estimate of drug-likeness (QED) is 0.832. The van der Waals surface area contributed by atoms with E-state index in [1.165, 1.54) is 6.07 Å². The molecule has 0 aliphatic rings. The molecule has 0 aliphatic heterocycles. The minimum absolute atomic E-state index is 0.00915. The van der Waals surface area contributed by atoms with Gasteiger partial charge in [0.15, 0.2) is 0 Å². The van der Waals surface area contributed by atoms with E-state index in [-0.39, 0.29) is 15.1 Å². The molecule has 1 atom stereocenters. The number of hydrogen-bond donors (Lipinski definition) is 2. The predicted octanol–water partition coefficient (Wildman–Crippen LogP) is 1.32. The number of nitrogens with one attached hydrogen (secondary N) is 1. The molecule has 0 aliphatic carbocycles. The van der Waals surface area contributed by atoms with E-state index < -0.39 is 16.0 Å². The summed E-state index contributed by atoms with van der Waals surface area (Å²) in [7, 11) is -3.73. The first-order valence-corrected chi connectivity index (χ1v) is 8.41. The normalized spacial score (nSPS) is 13.2. The van der Waals surface area contributed by atoms with Crippen LogP contribution in [0.15, 0.2) is 29.0 Å². The van der Waals surface area contributed by atoms with Crippen LogP contribution >= 0.6 is 11.3 Å². The molecule has 2 rings (SSSR count). The number of carboxylic acid groups (broad SMARTS) is 1. The summed E-state index contributed by atoms with van der Waals surface area (Å²) in [4.78, 5) is 14.9. The van der Waals surface area contributed by atoms with E-state index >= 15 is 0 Å². The number of rotatable bonds is 6. The van der Waals surface area contributed by atoms with Gasteiger partial charge in [-0.1, -0.05) is 0 Å². The Labute approximate surface area is 126 Å². The van der Waals surface area contributed by atoms with E-state index in [4.69, 9.17) is 5.11 Å². The first-order valence-electron chi connectivity index (χ1n) is 6.11. The van der Waals surface area contributed by atoms with Crippen molar-refractivity contribution in [1.29, 1.82) is 0 Å². The average molecular weight is 329 g/mol. The van der Waals surface area contributed by atoms with Crippen molar-refractivity contribution >= 4 is 27.3 Å². The van der Waals surface area contributed by atoms with Gasteiger partial charge in [0.2, 0.25) is 10.0 Å². The fourth-order valence-corrected chi connectivity index (χ4v) is 4.50. The molecule has 2 N–H and O–H groups in total. The summed E-state index contributed by atoms with van der Waals surface area (Å²) in [5.74, 6) is -1.12. The molecule has 0 spiro atoms. The van der Waals surface area contributed by atoms with E-state index in [1.807, 2.05) is 0 Å². The van der Waals surface area contributed by atoms with E-state index in [0.29, 0.717) is 12.1 Å². The smallest absolute Gasteiger partial charge is 0.346 e. The molecule has 1 unspecified atom stereocenters. The molecular formula is C12H15N3O4S2. The summed E-state index contributed by atoms with van der Waals surface area (Å²) in [5, 5.41) is 8.98. The zero-order valence-corrected chi connectivity index (χ0v) is 13.1. The topological polar surface area (TPSA) is 101 Å². The molecule has 0 aromatic carbocycles. The Kier molecular flexibility index (Phi) is 4.45. The van der Waals surface area contributed by atoms with Crippen LogP contribution in [0.25, 0.3) is 0 Å². The molecule has 0 amide bonds. The van der Waals surface area contributed by atoms with Crippen molar-refractivity contribution in [3.05, 3.63) is 35.2 Å². The van der Waals surface area contributed by atoms with Crippen LogP contribution in [0.2, 0.25) is 0 Å². The van der Waals surface area contributed by atoms with Crippen LogP contribution < -0.4 is 4.72 Å². The van der Waals surface area contributed by atoms with E-state index in [1.54, 1.807) is 37.1 Å². The first kappa shape index (κ1) is 15.7. The third-order valence-corrected chi connectivity index (χ3v) is 6.04. The molecule has 2 aromatic rings. The van der Waals surface area contributed by atoms with Crippen molar-refractivity contribution in [2.75, 3.05) is 0 Å². The first-order chi connectivity index (χ1) is 9.79. The summed E-state index contributed by atoms with van der Waals surface area (Å²) >= 11 is 0.755. The number of carboxylic acids is 1. The highest BCUT2D eigenvalue weighted by molar-refractivity contribution is 7.91.